The van der Waals surface area contributed by atoms with Crippen LogP contribution in [0.25, 0.3) is 28.2 Å². The molecular weight excluding hydrogens is 372 g/mol. The zero-order chi connectivity index (χ0) is 19.8. The van der Waals surface area contributed by atoms with Crippen LogP contribution in [0.5, 0.6) is 0 Å². The van der Waals surface area contributed by atoms with Gasteiger partial charge in [0.05, 0.1) is 22.9 Å². The fraction of sp³-hybridized carbons (Fsp3) is 0.150. The first-order valence-corrected chi connectivity index (χ1v) is 9.08. The molecule has 0 fully saturated rings. The molecule has 5 heterocycles. The molecule has 1 N–H and O–H groups in total. The van der Waals surface area contributed by atoms with Crippen molar-refractivity contribution in [2.45, 2.75) is 13.3 Å². The molecule has 0 aliphatic rings. The van der Waals surface area contributed by atoms with E-state index in [-0.39, 0.29) is 5.91 Å². The van der Waals surface area contributed by atoms with E-state index < -0.39 is 0 Å². The van der Waals surface area contributed by atoms with Gasteiger partial charge >= 0.3 is 0 Å². The normalized spacial score (nSPS) is 11.3. The van der Waals surface area contributed by atoms with Gasteiger partial charge in [-0.2, -0.15) is 0 Å². The molecule has 0 aliphatic heterocycles. The number of carbonyl (C=O) groups is 1. The number of amides is 1. The molecule has 0 aliphatic carbocycles. The van der Waals surface area contributed by atoms with Crippen molar-refractivity contribution in [3.63, 3.8) is 0 Å². The summed E-state index contributed by atoms with van der Waals surface area (Å²) in [7, 11) is 0. The summed E-state index contributed by atoms with van der Waals surface area (Å²) in [4.78, 5) is 17.4. The van der Waals surface area contributed by atoms with Crippen LogP contribution in [0.3, 0.4) is 0 Å². The molecular formula is C20H16N6O3. The van der Waals surface area contributed by atoms with Gasteiger partial charge in [-0.1, -0.05) is 11.2 Å². The van der Waals surface area contributed by atoms with E-state index in [0.29, 0.717) is 46.8 Å². The Bertz CT molecular complexity index is 1320. The number of aryl methyl sites for hydroxylation is 1. The number of fused-ring (bicyclic) bond motifs is 2. The minimum atomic E-state index is -0.245. The number of nitrogens with zero attached hydrogens (tertiary/aromatic N) is 5. The molecule has 0 aromatic carbocycles. The topological polar surface area (TPSA) is 111 Å². The molecule has 0 unspecified atom stereocenters. The summed E-state index contributed by atoms with van der Waals surface area (Å²) in [6, 6.07) is 10.9. The number of rotatable bonds is 5. The highest BCUT2D eigenvalue weighted by Crippen LogP contribution is 2.27. The molecule has 5 aromatic heterocycles. The molecule has 0 atom stereocenters. The van der Waals surface area contributed by atoms with E-state index in [1.807, 2.05) is 28.8 Å². The maximum Gasteiger partial charge on any atom is 0.259 e. The first kappa shape index (κ1) is 17.1. The highest BCUT2D eigenvalue weighted by Gasteiger charge is 2.20. The monoisotopic (exact) mass is 388 g/mol. The Balaban J connectivity index is 1.41. The average Bonchev–Trinajstić information content (AvgIpc) is 3.48. The third kappa shape index (κ3) is 3.02. The Morgan fingerprint density at radius 2 is 2.14 bits per heavy atom. The summed E-state index contributed by atoms with van der Waals surface area (Å²) in [5.41, 5.74) is 2.61. The van der Waals surface area contributed by atoms with Gasteiger partial charge in [-0.05, 0) is 37.3 Å². The van der Waals surface area contributed by atoms with Gasteiger partial charge in [0.15, 0.2) is 11.4 Å². The second kappa shape index (κ2) is 6.86. The van der Waals surface area contributed by atoms with Crippen LogP contribution in [-0.4, -0.2) is 37.2 Å². The second-order valence-corrected chi connectivity index (χ2v) is 6.53. The molecule has 0 saturated heterocycles. The SMILES string of the molecule is Cc1noc2nc(-c3ccco3)cc(C(=O)NCCc3nnc4ccccn34)c12. The van der Waals surface area contributed by atoms with Gasteiger partial charge in [0, 0.05) is 19.2 Å². The average molecular weight is 388 g/mol. The number of hydrogen-bond acceptors (Lipinski definition) is 7. The minimum absolute atomic E-state index is 0.245. The van der Waals surface area contributed by atoms with E-state index in [1.165, 1.54) is 0 Å². The lowest BCUT2D eigenvalue weighted by Gasteiger charge is -2.07. The number of nitrogens with one attached hydrogen (secondary N) is 1. The summed E-state index contributed by atoms with van der Waals surface area (Å²) in [6.07, 6.45) is 3.99. The van der Waals surface area contributed by atoms with Gasteiger partial charge in [0.25, 0.3) is 11.6 Å². The molecule has 5 rings (SSSR count). The highest BCUT2D eigenvalue weighted by molar-refractivity contribution is 6.06. The lowest BCUT2D eigenvalue weighted by molar-refractivity contribution is 0.0955. The van der Waals surface area contributed by atoms with Gasteiger partial charge in [0.1, 0.15) is 11.5 Å². The zero-order valence-electron chi connectivity index (χ0n) is 15.5. The van der Waals surface area contributed by atoms with Gasteiger partial charge in [-0.15, -0.1) is 10.2 Å². The van der Waals surface area contributed by atoms with E-state index in [4.69, 9.17) is 8.94 Å². The standard InChI is InChI=1S/C20H16N6O3/c1-12-18-13(11-14(15-5-4-10-28-15)22-20(18)29-25-12)19(27)21-8-7-17-24-23-16-6-2-3-9-26(16)17/h2-6,9-11H,7-8H2,1H3,(H,21,27). The molecule has 9 heteroatoms. The summed E-state index contributed by atoms with van der Waals surface area (Å²) in [5.74, 6) is 1.08. The summed E-state index contributed by atoms with van der Waals surface area (Å²) >= 11 is 0. The van der Waals surface area contributed by atoms with Crippen LogP contribution >= 0.6 is 0 Å². The number of hydrogen-bond donors (Lipinski definition) is 1. The fourth-order valence-corrected chi connectivity index (χ4v) is 3.27. The summed E-state index contributed by atoms with van der Waals surface area (Å²) < 4.78 is 12.6. The van der Waals surface area contributed by atoms with Crippen LogP contribution < -0.4 is 5.32 Å². The number of pyridine rings is 2. The van der Waals surface area contributed by atoms with Crippen molar-refractivity contribution in [2.24, 2.45) is 0 Å². The van der Waals surface area contributed by atoms with E-state index in [2.05, 4.69) is 25.7 Å². The Labute approximate surface area is 164 Å². The minimum Gasteiger partial charge on any atom is -0.463 e. The summed E-state index contributed by atoms with van der Waals surface area (Å²) in [6.45, 7) is 2.18. The smallest absolute Gasteiger partial charge is 0.259 e. The number of furan rings is 1. The van der Waals surface area contributed by atoms with Gasteiger partial charge in [-0.3, -0.25) is 9.20 Å². The van der Waals surface area contributed by atoms with E-state index in [0.717, 1.165) is 11.5 Å². The fourth-order valence-electron chi connectivity index (χ4n) is 3.27. The largest absolute Gasteiger partial charge is 0.463 e. The van der Waals surface area contributed by atoms with Crippen molar-refractivity contribution in [3.05, 3.63) is 65.9 Å². The van der Waals surface area contributed by atoms with Gasteiger partial charge < -0.3 is 14.3 Å². The third-order valence-corrected chi connectivity index (χ3v) is 4.65. The van der Waals surface area contributed by atoms with E-state index >= 15 is 0 Å². The van der Waals surface area contributed by atoms with E-state index in [9.17, 15) is 4.79 Å². The Hall–Kier alpha value is -4.01. The van der Waals surface area contributed by atoms with Crippen molar-refractivity contribution >= 4 is 22.7 Å². The Kier molecular flexibility index (Phi) is 4.05. The van der Waals surface area contributed by atoms with E-state index in [1.54, 1.807) is 31.4 Å². The lowest BCUT2D eigenvalue weighted by atomic mass is 10.1. The first-order chi connectivity index (χ1) is 14.2. The summed E-state index contributed by atoms with van der Waals surface area (Å²) in [5, 5.41) is 15.8. The van der Waals surface area contributed by atoms with Crippen LogP contribution in [0.4, 0.5) is 0 Å². The number of aromatic nitrogens is 5. The van der Waals surface area contributed by atoms with Crippen LogP contribution in [0.1, 0.15) is 21.9 Å². The first-order valence-electron chi connectivity index (χ1n) is 9.08. The predicted octanol–water partition coefficient (Wildman–Crippen LogP) is 2.81. The van der Waals surface area contributed by atoms with Crippen molar-refractivity contribution in [1.82, 2.24) is 30.1 Å². The molecule has 0 spiro atoms. The molecule has 0 saturated carbocycles. The molecule has 0 radical (unpaired) electrons. The van der Waals surface area contributed by atoms with Crippen LogP contribution in [0.2, 0.25) is 0 Å². The van der Waals surface area contributed by atoms with Crippen molar-refractivity contribution < 1.29 is 13.7 Å². The van der Waals surface area contributed by atoms with Crippen LogP contribution in [-0.2, 0) is 6.42 Å². The lowest BCUT2D eigenvalue weighted by Crippen LogP contribution is -2.26. The zero-order valence-corrected chi connectivity index (χ0v) is 15.5. The van der Waals surface area contributed by atoms with Gasteiger partial charge in [0.2, 0.25) is 0 Å². The highest BCUT2D eigenvalue weighted by atomic mass is 16.5. The molecule has 5 aromatic rings. The van der Waals surface area contributed by atoms with Gasteiger partial charge in [-0.25, -0.2) is 4.98 Å². The third-order valence-electron chi connectivity index (χ3n) is 4.65. The Morgan fingerprint density at radius 1 is 1.21 bits per heavy atom. The molecule has 144 valence electrons. The molecule has 9 nitrogen and oxygen atoms in total. The maximum absolute atomic E-state index is 12.9. The predicted molar refractivity (Wildman–Crippen MR) is 103 cm³/mol. The molecule has 29 heavy (non-hydrogen) atoms. The number of carbonyl (C=O) groups excluding carboxylic acids is 1. The van der Waals surface area contributed by atoms with Crippen molar-refractivity contribution in [2.75, 3.05) is 6.54 Å². The molecule has 1 amide bonds. The Morgan fingerprint density at radius 3 is 3.00 bits per heavy atom. The maximum atomic E-state index is 12.9. The van der Waals surface area contributed by atoms with Crippen LogP contribution in [0.15, 0.2) is 57.8 Å². The quantitative estimate of drug-likeness (QED) is 0.493. The van der Waals surface area contributed by atoms with Crippen molar-refractivity contribution in [1.29, 1.82) is 0 Å². The molecule has 0 bridgehead atoms. The van der Waals surface area contributed by atoms with Crippen LogP contribution in [0, 0.1) is 6.92 Å². The second-order valence-electron chi connectivity index (χ2n) is 6.53. The van der Waals surface area contributed by atoms with Crippen molar-refractivity contribution in [3.8, 4) is 11.5 Å².